The maximum atomic E-state index is 7.13. The third-order valence-electron chi connectivity index (χ3n) is 10.1. The minimum atomic E-state index is 0.862. The van der Waals surface area contributed by atoms with Crippen molar-refractivity contribution in [2.24, 2.45) is 0 Å². The van der Waals surface area contributed by atoms with Gasteiger partial charge in [0.25, 0.3) is 0 Å². The molecule has 9 aromatic rings. The second-order valence-electron chi connectivity index (χ2n) is 12.8. The molecule has 0 saturated heterocycles. The van der Waals surface area contributed by atoms with Crippen molar-refractivity contribution in [3.63, 3.8) is 0 Å². The molecule has 1 aliphatic heterocycles. The molecule has 0 fully saturated rings. The van der Waals surface area contributed by atoms with Crippen molar-refractivity contribution in [3.05, 3.63) is 182 Å². The average Bonchev–Trinajstić information content (AvgIpc) is 3.17. The van der Waals surface area contributed by atoms with Gasteiger partial charge in [-0.25, -0.2) is 0 Å². The van der Waals surface area contributed by atoms with Crippen LogP contribution in [0.3, 0.4) is 0 Å². The third-order valence-corrected chi connectivity index (χ3v) is 10.1. The first-order valence-corrected chi connectivity index (χ1v) is 16.9. The SMILES string of the molecule is c1ccc(-c2cccc(-c3c4ccccc4c(-c4cccc5c4Oc4ccccc4-c4cccc6cccc-5c46)c4ccccc34)c2)cc1. The largest absolute Gasteiger partial charge is 0.455 e. The lowest BCUT2D eigenvalue weighted by molar-refractivity contribution is 0.488. The molecule has 0 spiro atoms. The second-order valence-corrected chi connectivity index (χ2v) is 12.8. The minimum absolute atomic E-state index is 0.862. The quantitative estimate of drug-likeness (QED) is 0.178. The molecule has 0 unspecified atom stereocenters. The zero-order valence-electron chi connectivity index (χ0n) is 26.7. The van der Waals surface area contributed by atoms with Gasteiger partial charge in [0.05, 0.1) is 0 Å². The second kappa shape index (κ2) is 11.1. The Hall–Kier alpha value is -6.44. The molecule has 1 heterocycles. The van der Waals surface area contributed by atoms with E-state index in [2.05, 4.69) is 182 Å². The van der Waals surface area contributed by atoms with E-state index in [0.29, 0.717) is 0 Å². The van der Waals surface area contributed by atoms with Crippen LogP contribution in [0.1, 0.15) is 0 Å². The van der Waals surface area contributed by atoms with Crippen LogP contribution in [0.2, 0.25) is 0 Å². The molecule has 0 aliphatic carbocycles. The van der Waals surface area contributed by atoms with E-state index in [-0.39, 0.29) is 0 Å². The molecule has 0 aromatic heterocycles. The summed E-state index contributed by atoms with van der Waals surface area (Å²) in [6.07, 6.45) is 0. The highest BCUT2D eigenvalue weighted by Gasteiger charge is 2.25. The summed E-state index contributed by atoms with van der Waals surface area (Å²) < 4.78 is 7.13. The van der Waals surface area contributed by atoms with Crippen LogP contribution in [0, 0.1) is 0 Å². The Morgan fingerprint density at radius 3 is 1.53 bits per heavy atom. The van der Waals surface area contributed by atoms with Crippen molar-refractivity contribution in [1.29, 1.82) is 0 Å². The Morgan fingerprint density at radius 1 is 0.306 bits per heavy atom. The summed E-state index contributed by atoms with van der Waals surface area (Å²) in [5.41, 5.74) is 11.7. The highest BCUT2D eigenvalue weighted by molar-refractivity contribution is 6.22. The number of para-hydroxylation sites is 2. The van der Waals surface area contributed by atoms with E-state index in [1.165, 1.54) is 71.3 Å². The fraction of sp³-hybridized carbons (Fsp3) is 0. The van der Waals surface area contributed by atoms with Crippen molar-refractivity contribution >= 4 is 32.3 Å². The smallest absolute Gasteiger partial charge is 0.143 e. The first-order chi connectivity index (χ1) is 24.3. The van der Waals surface area contributed by atoms with Crippen LogP contribution in [0.4, 0.5) is 0 Å². The monoisotopic (exact) mass is 622 g/mol. The topological polar surface area (TPSA) is 9.23 Å². The Balaban J connectivity index is 1.30. The summed E-state index contributed by atoms with van der Waals surface area (Å²) in [5, 5.41) is 7.32. The molecule has 9 aromatic carbocycles. The number of fused-ring (bicyclic) bond motifs is 6. The number of benzene rings is 9. The average molecular weight is 623 g/mol. The van der Waals surface area contributed by atoms with Gasteiger partial charge in [-0.15, -0.1) is 0 Å². The van der Waals surface area contributed by atoms with Crippen molar-refractivity contribution in [1.82, 2.24) is 0 Å². The maximum Gasteiger partial charge on any atom is 0.143 e. The summed E-state index contributed by atoms with van der Waals surface area (Å²) in [6.45, 7) is 0. The highest BCUT2D eigenvalue weighted by Crippen LogP contribution is 2.53. The first kappa shape index (κ1) is 27.7. The minimum Gasteiger partial charge on any atom is -0.455 e. The van der Waals surface area contributed by atoms with Crippen LogP contribution in [-0.2, 0) is 0 Å². The Bertz CT molecular complexity index is 2680. The van der Waals surface area contributed by atoms with Crippen LogP contribution in [0.25, 0.3) is 88.0 Å². The van der Waals surface area contributed by atoms with E-state index in [1.807, 2.05) is 0 Å². The van der Waals surface area contributed by atoms with Gasteiger partial charge in [0.2, 0.25) is 0 Å². The van der Waals surface area contributed by atoms with Gasteiger partial charge < -0.3 is 4.74 Å². The van der Waals surface area contributed by atoms with Gasteiger partial charge in [-0.05, 0) is 77.8 Å². The van der Waals surface area contributed by atoms with Gasteiger partial charge in [-0.3, -0.25) is 0 Å². The number of ether oxygens (including phenoxy) is 1. The normalized spacial score (nSPS) is 11.8. The molecule has 49 heavy (non-hydrogen) atoms. The summed E-state index contributed by atoms with van der Waals surface area (Å²) >= 11 is 0. The standard InChI is InChI=1S/C48H30O/c1-2-14-31(15-3-1)33-18-10-19-34(30-33)46-37-21-4-6-23-39(37)47(40-24-7-5-22-38(40)46)43-28-13-27-42-41-26-12-17-32-16-11-25-36(45(32)41)35-20-8-9-29-44(35)49-48(42)43/h1-30H. The number of hydrogen-bond donors (Lipinski definition) is 0. The first-order valence-electron chi connectivity index (χ1n) is 16.9. The van der Waals surface area contributed by atoms with E-state index in [1.54, 1.807) is 0 Å². The zero-order valence-corrected chi connectivity index (χ0v) is 26.7. The fourth-order valence-electron chi connectivity index (χ4n) is 7.95. The van der Waals surface area contributed by atoms with Crippen LogP contribution >= 0.6 is 0 Å². The summed E-state index contributed by atoms with van der Waals surface area (Å²) in [5.74, 6) is 1.74. The molecule has 10 rings (SSSR count). The Kier molecular flexibility index (Phi) is 6.25. The van der Waals surface area contributed by atoms with E-state index in [0.717, 1.165) is 28.2 Å². The van der Waals surface area contributed by atoms with E-state index in [9.17, 15) is 0 Å². The molecule has 0 N–H and O–H groups in total. The van der Waals surface area contributed by atoms with Gasteiger partial charge >= 0.3 is 0 Å². The molecule has 1 nitrogen and oxygen atoms in total. The molecule has 0 atom stereocenters. The summed E-state index contributed by atoms with van der Waals surface area (Å²) in [4.78, 5) is 0. The van der Waals surface area contributed by atoms with Crippen LogP contribution < -0.4 is 4.74 Å². The highest BCUT2D eigenvalue weighted by atomic mass is 16.5. The molecule has 0 radical (unpaired) electrons. The lowest BCUT2D eigenvalue weighted by Crippen LogP contribution is -1.99. The summed E-state index contributed by atoms with van der Waals surface area (Å²) in [7, 11) is 0. The summed E-state index contributed by atoms with van der Waals surface area (Å²) in [6, 6.07) is 65.6. The Labute approximate surface area is 285 Å². The zero-order chi connectivity index (χ0) is 32.3. The molecule has 0 bridgehead atoms. The van der Waals surface area contributed by atoms with E-state index in [4.69, 9.17) is 4.74 Å². The molecule has 228 valence electrons. The maximum absolute atomic E-state index is 7.13. The van der Waals surface area contributed by atoms with Crippen molar-refractivity contribution in [3.8, 4) is 67.1 Å². The van der Waals surface area contributed by atoms with Crippen molar-refractivity contribution < 1.29 is 4.74 Å². The van der Waals surface area contributed by atoms with Gasteiger partial charge in [-0.2, -0.15) is 0 Å². The number of hydrogen-bond acceptors (Lipinski definition) is 1. The third kappa shape index (κ3) is 4.33. The molecular weight excluding hydrogens is 593 g/mol. The predicted molar refractivity (Wildman–Crippen MR) is 206 cm³/mol. The van der Waals surface area contributed by atoms with E-state index >= 15 is 0 Å². The molecule has 1 aliphatic rings. The van der Waals surface area contributed by atoms with Crippen LogP contribution in [0.5, 0.6) is 11.5 Å². The van der Waals surface area contributed by atoms with Gasteiger partial charge in [0.1, 0.15) is 11.5 Å². The lowest BCUT2D eigenvalue weighted by Gasteiger charge is -2.25. The molecule has 1 heteroatoms. The van der Waals surface area contributed by atoms with Crippen molar-refractivity contribution in [2.45, 2.75) is 0 Å². The van der Waals surface area contributed by atoms with Gasteiger partial charge in [-0.1, -0.05) is 170 Å². The van der Waals surface area contributed by atoms with Crippen LogP contribution in [-0.4, -0.2) is 0 Å². The molecular formula is C48H30O. The molecule has 0 amide bonds. The van der Waals surface area contributed by atoms with Gasteiger partial charge in [0.15, 0.2) is 0 Å². The van der Waals surface area contributed by atoms with Gasteiger partial charge in [0, 0.05) is 22.3 Å². The van der Waals surface area contributed by atoms with E-state index < -0.39 is 0 Å². The Morgan fingerprint density at radius 2 is 0.796 bits per heavy atom. The predicted octanol–water partition coefficient (Wildman–Crippen LogP) is 13.6. The van der Waals surface area contributed by atoms with Crippen LogP contribution in [0.15, 0.2) is 182 Å². The lowest BCUT2D eigenvalue weighted by atomic mass is 9.83. The van der Waals surface area contributed by atoms with Crippen molar-refractivity contribution in [2.75, 3.05) is 0 Å². The fourth-order valence-corrected chi connectivity index (χ4v) is 7.95. The molecule has 0 saturated carbocycles. The number of rotatable bonds is 3.